The van der Waals surface area contributed by atoms with E-state index in [0.717, 1.165) is 35.6 Å². The van der Waals surface area contributed by atoms with E-state index in [1.165, 1.54) is 25.7 Å². The zero-order valence-electron chi connectivity index (χ0n) is 12.4. The lowest BCUT2D eigenvalue weighted by Gasteiger charge is -2.35. The van der Waals surface area contributed by atoms with Crippen molar-refractivity contribution >= 4 is 16.5 Å². The van der Waals surface area contributed by atoms with Crippen molar-refractivity contribution in [3.8, 4) is 0 Å². The number of anilines is 1. The third kappa shape index (κ3) is 4.14. The summed E-state index contributed by atoms with van der Waals surface area (Å²) in [4.78, 5) is 2.47. The predicted molar refractivity (Wildman–Crippen MR) is 81.6 cm³/mol. The van der Waals surface area contributed by atoms with Crippen molar-refractivity contribution in [2.24, 2.45) is 5.92 Å². The fourth-order valence-electron chi connectivity index (χ4n) is 2.90. The Labute approximate surface area is 120 Å². The van der Waals surface area contributed by atoms with E-state index in [-0.39, 0.29) is 0 Å². The molecule has 0 aliphatic heterocycles. The Morgan fingerprint density at radius 3 is 2.84 bits per heavy atom. The highest BCUT2D eigenvalue weighted by atomic mass is 32.1. The van der Waals surface area contributed by atoms with Crippen LogP contribution in [0.2, 0.25) is 0 Å². The van der Waals surface area contributed by atoms with Gasteiger partial charge >= 0.3 is 0 Å². The van der Waals surface area contributed by atoms with Gasteiger partial charge in [0.1, 0.15) is 5.01 Å². The molecule has 1 aromatic heterocycles. The maximum Gasteiger partial charge on any atom is 0.205 e. The first-order chi connectivity index (χ1) is 9.20. The minimum atomic E-state index is 0.713. The van der Waals surface area contributed by atoms with Crippen molar-refractivity contribution in [2.75, 3.05) is 18.9 Å². The van der Waals surface area contributed by atoms with Crippen LogP contribution in [0.15, 0.2) is 0 Å². The number of nitrogens with one attached hydrogen (secondary N) is 1. The molecule has 2 unspecified atom stereocenters. The lowest BCUT2D eigenvalue weighted by molar-refractivity contribution is 0.133. The van der Waals surface area contributed by atoms with Gasteiger partial charge in [-0.25, -0.2) is 0 Å². The number of aromatic nitrogens is 2. The highest BCUT2D eigenvalue weighted by molar-refractivity contribution is 7.15. The molecule has 1 aromatic rings. The molecule has 4 nitrogen and oxygen atoms in total. The Kier molecular flexibility index (Phi) is 5.58. The maximum atomic E-state index is 4.29. The van der Waals surface area contributed by atoms with E-state index in [1.54, 1.807) is 11.3 Å². The average Bonchev–Trinajstić information content (AvgIpc) is 2.84. The number of nitrogens with zero attached hydrogens (tertiary/aromatic N) is 3. The summed E-state index contributed by atoms with van der Waals surface area (Å²) in [6.45, 7) is 6.45. The molecule has 1 aliphatic rings. The lowest BCUT2D eigenvalue weighted by atomic mass is 9.85. The number of rotatable bonds is 6. The molecule has 0 bridgehead atoms. The molecule has 19 heavy (non-hydrogen) atoms. The fraction of sp³-hybridized carbons (Fsp3) is 0.857. The third-order valence-electron chi connectivity index (χ3n) is 4.01. The highest BCUT2D eigenvalue weighted by Crippen LogP contribution is 2.28. The molecule has 1 N–H and O–H groups in total. The van der Waals surface area contributed by atoms with E-state index in [0.29, 0.717) is 6.04 Å². The first-order valence-electron chi connectivity index (χ1n) is 7.47. The molecule has 1 fully saturated rings. The summed E-state index contributed by atoms with van der Waals surface area (Å²) in [6.07, 6.45) is 6.59. The normalized spacial score (nSPS) is 23.8. The Balaban J connectivity index is 1.87. The molecule has 1 saturated carbocycles. The molecule has 108 valence electrons. The molecule has 2 atom stereocenters. The summed E-state index contributed by atoms with van der Waals surface area (Å²) in [5.41, 5.74) is 0. The van der Waals surface area contributed by atoms with Gasteiger partial charge in [0, 0.05) is 12.6 Å². The van der Waals surface area contributed by atoms with Crippen molar-refractivity contribution in [1.29, 1.82) is 0 Å². The van der Waals surface area contributed by atoms with Gasteiger partial charge in [-0.15, -0.1) is 10.2 Å². The topological polar surface area (TPSA) is 41.1 Å². The molecule has 0 aromatic carbocycles. The number of hydrogen-bond acceptors (Lipinski definition) is 5. The van der Waals surface area contributed by atoms with E-state index in [9.17, 15) is 0 Å². The summed E-state index contributed by atoms with van der Waals surface area (Å²) in [5, 5.41) is 13.9. The van der Waals surface area contributed by atoms with Crippen LogP contribution in [0.1, 0.15) is 51.0 Å². The molecular weight excluding hydrogens is 256 g/mol. The van der Waals surface area contributed by atoms with E-state index in [4.69, 9.17) is 0 Å². The summed E-state index contributed by atoms with van der Waals surface area (Å²) in [6, 6.07) is 0.713. The van der Waals surface area contributed by atoms with Crippen molar-refractivity contribution < 1.29 is 0 Å². The minimum absolute atomic E-state index is 0.713. The van der Waals surface area contributed by atoms with Gasteiger partial charge in [-0.3, -0.25) is 4.90 Å². The van der Waals surface area contributed by atoms with Crippen molar-refractivity contribution in [3.05, 3.63) is 5.01 Å². The van der Waals surface area contributed by atoms with Crippen LogP contribution in [0.3, 0.4) is 0 Å². The van der Waals surface area contributed by atoms with Crippen LogP contribution < -0.4 is 5.32 Å². The minimum Gasteiger partial charge on any atom is -0.360 e. The molecule has 5 heteroatoms. The molecule has 2 rings (SSSR count). The van der Waals surface area contributed by atoms with Crippen LogP contribution in [0, 0.1) is 5.92 Å². The van der Waals surface area contributed by atoms with Gasteiger partial charge in [0.2, 0.25) is 5.13 Å². The molecule has 1 heterocycles. The van der Waals surface area contributed by atoms with Crippen LogP contribution in [0.4, 0.5) is 5.13 Å². The fourth-order valence-corrected chi connectivity index (χ4v) is 3.73. The smallest absolute Gasteiger partial charge is 0.205 e. The quantitative estimate of drug-likeness (QED) is 0.868. The molecule has 1 aliphatic carbocycles. The first-order valence-corrected chi connectivity index (χ1v) is 8.28. The van der Waals surface area contributed by atoms with Crippen molar-refractivity contribution in [1.82, 2.24) is 15.1 Å². The molecular formula is C14H26N4S. The van der Waals surface area contributed by atoms with Gasteiger partial charge in [0.25, 0.3) is 0 Å². The van der Waals surface area contributed by atoms with Gasteiger partial charge in [-0.2, -0.15) is 0 Å². The van der Waals surface area contributed by atoms with Gasteiger partial charge in [-0.05, 0) is 32.2 Å². The average molecular weight is 282 g/mol. The SMILES string of the molecule is CCCNc1nnc(CN(C)C2CCCCC2C)s1. The lowest BCUT2D eigenvalue weighted by Crippen LogP contribution is -2.38. The van der Waals surface area contributed by atoms with E-state index < -0.39 is 0 Å². The maximum absolute atomic E-state index is 4.29. The van der Waals surface area contributed by atoms with Gasteiger partial charge < -0.3 is 5.32 Å². The van der Waals surface area contributed by atoms with Crippen LogP contribution in [0.25, 0.3) is 0 Å². The highest BCUT2D eigenvalue weighted by Gasteiger charge is 2.25. The van der Waals surface area contributed by atoms with Crippen LogP contribution in [-0.4, -0.2) is 34.7 Å². The number of hydrogen-bond donors (Lipinski definition) is 1. The van der Waals surface area contributed by atoms with Gasteiger partial charge in [-0.1, -0.05) is 38.0 Å². The summed E-state index contributed by atoms with van der Waals surface area (Å²) < 4.78 is 0. The zero-order valence-corrected chi connectivity index (χ0v) is 13.2. The predicted octanol–water partition coefficient (Wildman–Crippen LogP) is 3.37. The second-order valence-corrected chi connectivity index (χ2v) is 6.73. The van der Waals surface area contributed by atoms with E-state index in [1.807, 2.05) is 0 Å². The monoisotopic (exact) mass is 282 g/mol. The Morgan fingerprint density at radius 2 is 2.11 bits per heavy atom. The van der Waals surface area contributed by atoms with E-state index >= 15 is 0 Å². The Morgan fingerprint density at radius 1 is 1.32 bits per heavy atom. The standard InChI is InChI=1S/C14H26N4S/c1-4-9-15-14-17-16-13(19-14)10-18(3)12-8-6-5-7-11(12)2/h11-12H,4-10H2,1-3H3,(H,15,17). The first kappa shape index (κ1) is 14.7. The second-order valence-electron chi connectivity index (χ2n) is 5.67. The molecule has 0 radical (unpaired) electrons. The molecule has 0 saturated heterocycles. The second kappa shape index (κ2) is 7.20. The van der Waals surface area contributed by atoms with Gasteiger partial charge in [0.15, 0.2) is 0 Å². The van der Waals surface area contributed by atoms with Gasteiger partial charge in [0.05, 0.1) is 6.54 Å². The largest absolute Gasteiger partial charge is 0.360 e. The summed E-state index contributed by atoms with van der Waals surface area (Å²) in [5.74, 6) is 0.810. The Hall–Kier alpha value is -0.680. The molecule has 0 spiro atoms. The van der Waals surface area contributed by atoms with Crippen LogP contribution >= 0.6 is 11.3 Å². The molecule has 0 amide bonds. The van der Waals surface area contributed by atoms with Crippen molar-refractivity contribution in [3.63, 3.8) is 0 Å². The summed E-state index contributed by atoms with van der Waals surface area (Å²) >= 11 is 1.69. The van der Waals surface area contributed by atoms with Crippen LogP contribution in [-0.2, 0) is 6.54 Å². The Bertz CT molecular complexity index is 379. The van der Waals surface area contributed by atoms with E-state index in [2.05, 4.69) is 41.3 Å². The van der Waals surface area contributed by atoms with Crippen molar-refractivity contribution in [2.45, 2.75) is 58.5 Å². The third-order valence-corrected chi connectivity index (χ3v) is 4.88. The zero-order chi connectivity index (χ0) is 13.7. The van der Waals surface area contributed by atoms with Crippen LogP contribution in [0.5, 0.6) is 0 Å². The summed E-state index contributed by atoms with van der Waals surface area (Å²) in [7, 11) is 2.23.